The first kappa shape index (κ1) is 22.4. The molecule has 0 aliphatic carbocycles. The Morgan fingerprint density at radius 3 is 2.39 bits per heavy atom. The second-order valence-corrected chi connectivity index (χ2v) is 8.22. The lowest BCUT2D eigenvalue weighted by atomic mass is 10.1. The molecule has 7 nitrogen and oxygen atoms in total. The Morgan fingerprint density at radius 1 is 1.09 bits per heavy atom. The van der Waals surface area contributed by atoms with E-state index in [1.54, 1.807) is 6.07 Å². The van der Waals surface area contributed by atoms with E-state index >= 15 is 0 Å². The van der Waals surface area contributed by atoms with Gasteiger partial charge in [0, 0.05) is 11.4 Å². The molecule has 0 saturated carbocycles. The zero-order valence-corrected chi connectivity index (χ0v) is 19.2. The second-order valence-electron chi connectivity index (χ2n) is 7.42. The van der Waals surface area contributed by atoms with Gasteiger partial charge in [0.05, 0.1) is 22.0 Å². The second kappa shape index (κ2) is 8.65. The molecule has 2 aromatic carbocycles. The van der Waals surface area contributed by atoms with Gasteiger partial charge in [0.25, 0.3) is 11.8 Å². The number of aryl methyl sites for hydroxylation is 1. The average molecular weight is 480 g/mol. The molecular formula is C24H18ClN3O4S. The highest BCUT2D eigenvalue weighted by molar-refractivity contribution is 7.80. The molecule has 0 atom stereocenters. The van der Waals surface area contributed by atoms with E-state index in [1.165, 1.54) is 35.2 Å². The average Bonchev–Trinajstić information content (AvgIpc) is 3.04. The molecule has 2 heterocycles. The van der Waals surface area contributed by atoms with Crippen LogP contribution in [-0.2, 0) is 9.59 Å². The van der Waals surface area contributed by atoms with E-state index in [4.69, 9.17) is 28.9 Å². The molecule has 166 valence electrons. The van der Waals surface area contributed by atoms with Gasteiger partial charge in [-0.2, -0.15) is 0 Å². The first-order chi connectivity index (χ1) is 15.7. The van der Waals surface area contributed by atoms with Crippen molar-refractivity contribution in [3.63, 3.8) is 0 Å². The maximum absolute atomic E-state index is 13.3. The van der Waals surface area contributed by atoms with E-state index in [2.05, 4.69) is 5.32 Å². The van der Waals surface area contributed by atoms with Crippen LogP contribution >= 0.6 is 23.8 Å². The zero-order valence-electron chi connectivity index (χ0n) is 17.6. The van der Waals surface area contributed by atoms with E-state index in [-0.39, 0.29) is 16.2 Å². The molecule has 0 radical (unpaired) electrons. The van der Waals surface area contributed by atoms with Gasteiger partial charge >= 0.3 is 5.97 Å². The Balaban J connectivity index is 1.75. The van der Waals surface area contributed by atoms with Gasteiger partial charge in [-0.05, 0) is 80.2 Å². The van der Waals surface area contributed by atoms with E-state index in [1.807, 2.05) is 42.7 Å². The molecule has 0 bridgehead atoms. The summed E-state index contributed by atoms with van der Waals surface area (Å²) in [6.45, 7) is 3.79. The van der Waals surface area contributed by atoms with Crippen LogP contribution in [0.5, 0.6) is 0 Å². The molecule has 2 N–H and O–H groups in total. The normalized spacial score (nSPS) is 15.2. The number of nitrogens with zero attached hydrogens (tertiary/aromatic N) is 2. The van der Waals surface area contributed by atoms with Gasteiger partial charge in [0.2, 0.25) is 0 Å². The number of benzene rings is 2. The van der Waals surface area contributed by atoms with Crippen LogP contribution in [0.2, 0.25) is 5.02 Å². The Hall–Kier alpha value is -3.75. The summed E-state index contributed by atoms with van der Waals surface area (Å²) in [7, 11) is 0. The number of halogens is 1. The number of anilines is 1. The van der Waals surface area contributed by atoms with Crippen molar-refractivity contribution in [2.75, 3.05) is 4.90 Å². The Bertz CT molecular complexity index is 1360. The lowest BCUT2D eigenvalue weighted by Crippen LogP contribution is -2.54. The lowest BCUT2D eigenvalue weighted by molar-refractivity contribution is -0.122. The minimum Gasteiger partial charge on any atom is -0.478 e. The van der Waals surface area contributed by atoms with Gasteiger partial charge in [-0.25, -0.2) is 4.79 Å². The van der Waals surface area contributed by atoms with Crippen LogP contribution in [0.25, 0.3) is 11.8 Å². The number of rotatable bonds is 4. The van der Waals surface area contributed by atoms with Crippen LogP contribution in [0, 0.1) is 13.8 Å². The smallest absolute Gasteiger partial charge is 0.335 e. The quantitative estimate of drug-likeness (QED) is 0.331. The van der Waals surface area contributed by atoms with Crippen LogP contribution in [0.4, 0.5) is 5.69 Å². The number of amides is 2. The molecule has 1 fully saturated rings. The third kappa shape index (κ3) is 4.06. The number of nitrogens with one attached hydrogen (secondary N) is 1. The summed E-state index contributed by atoms with van der Waals surface area (Å²) < 4.78 is 1.95. The third-order valence-corrected chi connectivity index (χ3v) is 5.94. The molecule has 2 amide bonds. The molecule has 1 aromatic heterocycles. The molecule has 0 unspecified atom stereocenters. The topological polar surface area (TPSA) is 91.6 Å². The molecule has 0 spiro atoms. The molecule has 9 heteroatoms. The van der Waals surface area contributed by atoms with Gasteiger partial charge in [-0.15, -0.1) is 0 Å². The van der Waals surface area contributed by atoms with Gasteiger partial charge in [-0.3, -0.25) is 19.8 Å². The third-order valence-electron chi connectivity index (χ3n) is 5.34. The highest BCUT2D eigenvalue weighted by Crippen LogP contribution is 2.29. The highest BCUT2D eigenvalue weighted by atomic mass is 35.5. The monoisotopic (exact) mass is 479 g/mol. The van der Waals surface area contributed by atoms with Crippen molar-refractivity contribution >= 4 is 58.5 Å². The Kier molecular flexibility index (Phi) is 5.88. The van der Waals surface area contributed by atoms with Crippen LogP contribution in [0.3, 0.4) is 0 Å². The van der Waals surface area contributed by atoms with Gasteiger partial charge < -0.3 is 9.67 Å². The van der Waals surface area contributed by atoms with Crippen molar-refractivity contribution < 1.29 is 19.5 Å². The fourth-order valence-corrected chi connectivity index (χ4v) is 4.24. The summed E-state index contributed by atoms with van der Waals surface area (Å²) in [5.74, 6) is -2.29. The first-order valence-electron chi connectivity index (χ1n) is 9.87. The number of carboxylic acids is 1. The largest absolute Gasteiger partial charge is 0.478 e. The van der Waals surface area contributed by atoms with E-state index < -0.39 is 17.8 Å². The number of thiocarbonyl (C=S) groups is 1. The summed E-state index contributed by atoms with van der Waals surface area (Å²) in [6, 6.07) is 14.9. The van der Waals surface area contributed by atoms with Gasteiger partial charge in [-0.1, -0.05) is 23.7 Å². The summed E-state index contributed by atoms with van der Waals surface area (Å²) in [5, 5.41) is 12.1. The predicted octanol–water partition coefficient (Wildman–Crippen LogP) is 4.28. The van der Waals surface area contributed by atoms with Crippen LogP contribution in [-0.4, -0.2) is 32.6 Å². The van der Waals surface area contributed by atoms with Crippen LogP contribution < -0.4 is 10.2 Å². The van der Waals surface area contributed by atoms with E-state index in [9.17, 15) is 14.4 Å². The van der Waals surface area contributed by atoms with Crippen LogP contribution in [0.15, 0.2) is 60.2 Å². The van der Waals surface area contributed by atoms with Gasteiger partial charge in [0.15, 0.2) is 5.11 Å². The number of carbonyl (C=O) groups is 3. The number of hydrogen-bond acceptors (Lipinski definition) is 4. The summed E-state index contributed by atoms with van der Waals surface area (Å²) in [4.78, 5) is 38.2. The fourth-order valence-electron chi connectivity index (χ4n) is 3.74. The van der Waals surface area contributed by atoms with Crippen molar-refractivity contribution in [2.24, 2.45) is 0 Å². The molecule has 3 aromatic rings. The van der Waals surface area contributed by atoms with Crippen molar-refractivity contribution in [1.29, 1.82) is 0 Å². The zero-order chi connectivity index (χ0) is 23.9. The minimum atomic E-state index is -1.09. The Morgan fingerprint density at radius 2 is 1.76 bits per heavy atom. The Labute approximate surface area is 199 Å². The number of para-hydroxylation sites is 1. The van der Waals surface area contributed by atoms with E-state index in [0.717, 1.165) is 17.1 Å². The molecule has 1 saturated heterocycles. The molecular weight excluding hydrogens is 462 g/mol. The fraction of sp³-hybridized carbons (Fsp3) is 0.0833. The number of carbonyl (C=O) groups excluding carboxylic acids is 2. The summed E-state index contributed by atoms with van der Waals surface area (Å²) in [5.41, 5.74) is 3.49. The minimum absolute atomic E-state index is 0.0703. The number of carboxylic acid groups (broad SMARTS) is 1. The molecule has 33 heavy (non-hydrogen) atoms. The van der Waals surface area contributed by atoms with Gasteiger partial charge in [0.1, 0.15) is 5.57 Å². The molecule has 1 aliphatic rings. The van der Waals surface area contributed by atoms with Crippen LogP contribution in [0.1, 0.15) is 27.3 Å². The molecule has 4 rings (SSSR count). The van der Waals surface area contributed by atoms with E-state index in [0.29, 0.717) is 16.3 Å². The first-order valence-corrected chi connectivity index (χ1v) is 10.7. The summed E-state index contributed by atoms with van der Waals surface area (Å²) in [6.07, 6.45) is 1.52. The predicted molar refractivity (Wildman–Crippen MR) is 130 cm³/mol. The van der Waals surface area contributed by atoms with Crippen molar-refractivity contribution in [2.45, 2.75) is 13.8 Å². The lowest BCUT2D eigenvalue weighted by Gasteiger charge is -2.29. The highest BCUT2D eigenvalue weighted by Gasteiger charge is 2.34. The summed E-state index contributed by atoms with van der Waals surface area (Å²) >= 11 is 11.6. The maximum atomic E-state index is 13.3. The van der Waals surface area contributed by atoms with Crippen molar-refractivity contribution in [3.05, 3.63) is 87.7 Å². The molecule has 1 aliphatic heterocycles. The standard InChI is InChI=1S/C24H18ClN3O4S/c1-13-11-16(14(2)27(13)20-6-4-3-5-19(20)25)12-18-21(29)26-24(33)28(22(18)30)17-9-7-15(8-10-17)23(31)32/h3-12H,1-2H3,(H,31,32)(H,26,29,33)/b18-12+. The number of aromatic carboxylic acids is 1. The van der Waals surface area contributed by atoms with Crippen molar-refractivity contribution in [1.82, 2.24) is 9.88 Å². The van der Waals surface area contributed by atoms with Crippen molar-refractivity contribution in [3.8, 4) is 5.69 Å². The number of hydrogen-bond donors (Lipinski definition) is 2. The maximum Gasteiger partial charge on any atom is 0.335 e. The SMILES string of the molecule is Cc1cc(/C=C2\C(=O)NC(=S)N(c3ccc(C(=O)O)cc3)C2=O)c(C)n1-c1ccccc1Cl. The number of aromatic nitrogens is 1.